The maximum atomic E-state index is 13.8. The molecule has 2 amide bonds. The number of carbonyl (C=O) groups excluding carboxylic acids is 2. The molecule has 0 heterocycles. The molecule has 0 aromatic heterocycles. The number of carbonyl (C=O) groups is 2. The third kappa shape index (κ3) is 7.31. The molecular weight excluding hydrogens is 460 g/mol. The summed E-state index contributed by atoms with van der Waals surface area (Å²) in [6, 6.07) is 36.0. The zero-order chi connectivity index (χ0) is 25.9. The van der Waals surface area contributed by atoms with Gasteiger partial charge in [-0.25, -0.2) is 0 Å². The Labute approximate surface area is 218 Å². The molecule has 4 aromatic rings. The maximum Gasteiger partial charge on any atom is 0.247 e. The molecule has 0 radical (unpaired) electrons. The van der Waals surface area contributed by atoms with E-state index in [0.29, 0.717) is 19.5 Å². The molecule has 0 fully saturated rings. The van der Waals surface area contributed by atoms with E-state index in [2.05, 4.69) is 5.32 Å². The number of methoxy groups -OCH3 is 1. The fourth-order valence-electron chi connectivity index (χ4n) is 4.30. The van der Waals surface area contributed by atoms with Gasteiger partial charge in [-0.05, 0) is 40.8 Å². The standard InChI is InChI=1S/C32H32N2O3/c1-37-29-19-17-27(18-20-29)24-34(30(35)23-26-13-7-3-8-14-26)31(28-15-9-4-10-16-28)32(36)33-22-21-25-11-5-2-6-12-25/h2-20,31H,21-24H2,1H3,(H,33,36). The van der Waals surface area contributed by atoms with Gasteiger partial charge in [0, 0.05) is 13.1 Å². The molecule has 0 saturated carbocycles. The molecule has 1 N–H and O–H groups in total. The van der Waals surface area contributed by atoms with Crippen molar-refractivity contribution in [2.75, 3.05) is 13.7 Å². The maximum absolute atomic E-state index is 13.8. The largest absolute Gasteiger partial charge is 0.497 e. The van der Waals surface area contributed by atoms with Gasteiger partial charge in [-0.1, -0.05) is 103 Å². The van der Waals surface area contributed by atoms with Gasteiger partial charge in [-0.2, -0.15) is 0 Å². The van der Waals surface area contributed by atoms with Crippen LogP contribution in [0.1, 0.15) is 28.3 Å². The molecule has 0 saturated heterocycles. The first-order valence-electron chi connectivity index (χ1n) is 12.5. The molecule has 5 heteroatoms. The van der Waals surface area contributed by atoms with Gasteiger partial charge in [0.25, 0.3) is 0 Å². The van der Waals surface area contributed by atoms with E-state index in [1.54, 1.807) is 12.0 Å². The number of benzene rings is 4. The Balaban J connectivity index is 1.62. The van der Waals surface area contributed by atoms with Crippen molar-refractivity contribution in [3.63, 3.8) is 0 Å². The number of rotatable bonds is 11. The Morgan fingerprint density at radius 3 is 1.89 bits per heavy atom. The van der Waals surface area contributed by atoms with Crippen LogP contribution in [0, 0.1) is 0 Å². The number of hydrogen-bond donors (Lipinski definition) is 1. The second kappa shape index (κ2) is 13.1. The summed E-state index contributed by atoms with van der Waals surface area (Å²) in [6.45, 7) is 0.775. The topological polar surface area (TPSA) is 58.6 Å². The minimum Gasteiger partial charge on any atom is -0.497 e. The monoisotopic (exact) mass is 492 g/mol. The predicted molar refractivity (Wildman–Crippen MR) is 146 cm³/mol. The fourth-order valence-corrected chi connectivity index (χ4v) is 4.30. The molecule has 1 unspecified atom stereocenters. The van der Waals surface area contributed by atoms with E-state index in [0.717, 1.165) is 28.0 Å². The molecule has 0 spiro atoms. The highest BCUT2D eigenvalue weighted by molar-refractivity contribution is 5.89. The predicted octanol–water partition coefficient (Wildman–Crippen LogP) is 5.37. The van der Waals surface area contributed by atoms with E-state index in [-0.39, 0.29) is 18.2 Å². The van der Waals surface area contributed by atoms with E-state index in [4.69, 9.17) is 4.74 Å². The average molecular weight is 493 g/mol. The van der Waals surface area contributed by atoms with E-state index in [1.165, 1.54) is 0 Å². The van der Waals surface area contributed by atoms with Gasteiger partial charge in [0.2, 0.25) is 11.8 Å². The zero-order valence-electron chi connectivity index (χ0n) is 21.0. The van der Waals surface area contributed by atoms with Gasteiger partial charge in [0.15, 0.2) is 0 Å². The van der Waals surface area contributed by atoms with Crippen LogP contribution in [0.5, 0.6) is 5.75 Å². The normalized spacial score (nSPS) is 11.4. The minimum atomic E-state index is -0.768. The summed E-state index contributed by atoms with van der Waals surface area (Å²) >= 11 is 0. The summed E-state index contributed by atoms with van der Waals surface area (Å²) in [5, 5.41) is 3.08. The van der Waals surface area contributed by atoms with Crippen LogP contribution in [0.15, 0.2) is 115 Å². The van der Waals surface area contributed by atoms with Gasteiger partial charge in [-0.3, -0.25) is 9.59 Å². The molecule has 0 aliphatic rings. The number of amides is 2. The summed E-state index contributed by atoms with van der Waals surface area (Å²) in [4.78, 5) is 29.2. The van der Waals surface area contributed by atoms with Crippen LogP contribution in [-0.2, 0) is 29.0 Å². The summed E-state index contributed by atoms with van der Waals surface area (Å²) in [5.74, 6) is 0.426. The first-order chi connectivity index (χ1) is 18.1. The second-order valence-corrected chi connectivity index (χ2v) is 8.87. The van der Waals surface area contributed by atoms with Crippen molar-refractivity contribution in [2.45, 2.75) is 25.4 Å². The Morgan fingerprint density at radius 2 is 1.30 bits per heavy atom. The summed E-state index contributed by atoms with van der Waals surface area (Å²) in [5.41, 5.74) is 3.74. The summed E-state index contributed by atoms with van der Waals surface area (Å²) in [7, 11) is 1.62. The van der Waals surface area contributed by atoms with Crippen LogP contribution in [0.2, 0.25) is 0 Å². The van der Waals surface area contributed by atoms with Crippen LogP contribution in [0.3, 0.4) is 0 Å². The quantitative estimate of drug-likeness (QED) is 0.306. The highest BCUT2D eigenvalue weighted by atomic mass is 16.5. The Hall–Kier alpha value is -4.38. The van der Waals surface area contributed by atoms with Crippen LogP contribution < -0.4 is 10.1 Å². The SMILES string of the molecule is COc1ccc(CN(C(=O)Cc2ccccc2)C(C(=O)NCCc2ccccc2)c2ccccc2)cc1. The van der Waals surface area contributed by atoms with Crippen molar-refractivity contribution in [3.05, 3.63) is 138 Å². The van der Waals surface area contributed by atoms with Gasteiger partial charge in [0.05, 0.1) is 13.5 Å². The van der Waals surface area contributed by atoms with E-state index < -0.39 is 6.04 Å². The molecule has 4 rings (SSSR count). The van der Waals surface area contributed by atoms with Crippen molar-refractivity contribution in [2.24, 2.45) is 0 Å². The van der Waals surface area contributed by atoms with E-state index in [1.807, 2.05) is 115 Å². The lowest BCUT2D eigenvalue weighted by molar-refractivity contribution is -0.141. The Kier molecular flexibility index (Phi) is 9.08. The molecule has 5 nitrogen and oxygen atoms in total. The number of ether oxygens (including phenoxy) is 1. The highest BCUT2D eigenvalue weighted by Gasteiger charge is 2.31. The molecule has 1 atom stereocenters. The van der Waals surface area contributed by atoms with Crippen LogP contribution >= 0.6 is 0 Å². The van der Waals surface area contributed by atoms with E-state index >= 15 is 0 Å². The third-order valence-corrected chi connectivity index (χ3v) is 6.26. The lowest BCUT2D eigenvalue weighted by Gasteiger charge is -2.32. The Morgan fingerprint density at radius 1 is 0.730 bits per heavy atom. The van der Waals surface area contributed by atoms with Gasteiger partial charge >= 0.3 is 0 Å². The number of hydrogen-bond acceptors (Lipinski definition) is 3. The number of nitrogens with zero attached hydrogens (tertiary/aromatic N) is 1. The fraction of sp³-hybridized carbons (Fsp3) is 0.188. The molecule has 188 valence electrons. The Bertz CT molecular complexity index is 1260. The second-order valence-electron chi connectivity index (χ2n) is 8.87. The highest BCUT2D eigenvalue weighted by Crippen LogP contribution is 2.25. The lowest BCUT2D eigenvalue weighted by atomic mass is 10.0. The molecule has 4 aromatic carbocycles. The zero-order valence-corrected chi connectivity index (χ0v) is 21.0. The summed E-state index contributed by atoms with van der Waals surface area (Å²) < 4.78 is 5.29. The van der Waals surface area contributed by atoms with Gasteiger partial charge in [0.1, 0.15) is 11.8 Å². The molecular formula is C32H32N2O3. The molecule has 0 bridgehead atoms. The van der Waals surface area contributed by atoms with Crippen molar-refractivity contribution >= 4 is 11.8 Å². The third-order valence-electron chi connectivity index (χ3n) is 6.26. The first kappa shape index (κ1) is 25.7. The van der Waals surface area contributed by atoms with Gasteiger partial charge < -0.3 is 15.0 Å². The molecule has 0 aliphatic carbocycles. The van der Waals surface area contributed by atoms with Crippen molar-refractivity contribution < 1.29 is 14.3 Å². The van der Waals surface area contributed by atoms with Crippen molar-refractivity contribution in [1.82, 2.24) is 10.2 Å². The molecule has 37 heavy (non-hydrogen) atoms. The molecule has 0 aliphatic heterocycles. The van der Waals surface area contributed by atoms with Crippen LogP contribution in [0.25, 0.3) is 0 Å². The number of nitrogens with one attached hydrogen (secondary N) is 1. The van der Waals surface area contributed by atoms with Crippen LogP contribution in [0.4, 0.5) is 0 Å². The van der Waals surface area contributed by atoms with Crippen molar-refractivity contribution in [3.8, 4) is 5.75 Å². The van der Waals surface area contributed by atoms with Gasteiger partial charge in [-0.15, -0.1) is 0 Å². The lowest BCUT2D eigenvalue weighted by Crippen LogP contribution is -2.44. The van der Waals surface area contributed by atoms with Crippen molar-refractivity contribution in [1.29, 1.82) is 0 Å². The smallest absolute Gasteiger partial charge is 0.247 e. The summed E-state index contributed by atoms with van der Waals surface area (Å²) in [6.07, 6.45) is 0.919. The first-order valence-corrected chi connectivity index (χ1v) is 12.5. The van der Waals surface area contributed by atoms with E-state index in [9.17, 15) is 9.59 Å². The minimum absolute atomic E-state index is 0.117. The average Bonchev–Trinajstić information content (AvgIpc) is 2.95. The van der Waals surface area contributed by atoms with Crippen LogP contribution in [-0.4, -0.2) is 30.4 Å².